The Balaban J connectivity index is 2.37. The minimum atomic E-state index is -1.26. The Hall–Kier alpha value is -2.40. The normalized spacial score (nSPS) is 11.0. The van der Waals surface area contributed by atoms with Gasteiger partial charge in [-0.2, -0.15) is 0 Å². The lowest BCUT2D eigenvalue weighted by molar-refractivity contribution is -0.138. The fraction of sp³-hybridized carbons (Fsp3) is 0.167. The molecule has 0 aliphatic rings. The molecule has 0 saturated carbocycles. The van der Waals surface area contributed by atoms with Crippen LogP contribution in [0.25, 0.3) is 0 Å². The van der Waals surface area contributed by atoms with Crippen LogP contribution in [0.15, 0.2) is 54.6 Å². The molecule has 0 bridgehead atoms. The molecule has 23 heavy (non-hydrogen) atoms. The van der Waals surface area contributed by atoms with Gasteiger partial charge in [-0.3, -0.25) is 14.4 Å². The summed E-state index contributed by atoms with van der Waals surface area (Å²) in [6.45, 7) is 2.92. The first kappa shape index (κ1) is 17.0. The Morgan fingerprint density at radius 3 is 1.96 bits per heavy atom. The molecule has 0 aromatic heterocycles. The first-order valence-corrected chi connectivity index (χ1v) is 7.80. The van der Waals surface area contributed by atoms with E-state index in [0.29, 0.717) is 17.3 Å². The van der Waals surface area contributed by atoms with E-state index in [0.717, 1.165) is 0 Å². The van der Waals surface area contributed by atoms with E-state index in [9.17, 15) is 14.4 Å². The van der Waals surface area contributed by atoms with Crippen molar-refractivity contribution in [3.8, 4) is 0 Å². The smallest absolute Gasteiger partial charge is 0.319 e. The largest absolute Gasteiger partial charge is 0.480 e. The van der Waals surface area contributed by atoms with Crippen LogP contribution in [0.5, 0.6) is 0 Å². The maximum absolute atomic E-state index is 12.6. The van der Waals surface area contributed by atoms with Crippen LogP contribution in [0.2, 0.25) is 0 Å². The van der Waals surface area contributed by atoms with Gasteiger partial charge in [-0.25, -0.2) is 0 Å². The van der Waals surface area contributed by atoms with Crippen molar-refractivity contribution >= 4 is 28.6 Å². The molecule has 0 aliphatic heterocycles. The van der Waals surface area contributed by atoms with Crippen molar-refractivity contribution in [3.63, 3.8) is 0 Å². The van der Waals surface area contributed by atoms with Gasteiger partial charge in [0, 0.05) is 16.7 Å². The molecule has 0 fully saturated rings. The highest BCUT2D eigenvalue weighted by Gasteiger charge is 2.32. The number of thioether (sulfide) groups is 1. The maximum Gasteiger partial charge on any atom is 0.319 e. The second-order valence-electron chi connectivity index (χ2n) is 5.45. The second kappa shape index (κ2) is 6.79. The Bertz CT molecular complexity index is 751. The molecule has 118 valence electrons. The summed E-state index contributed by atoms with van der Waals surface area (Å²) in [5.41, 5.74) is 0.980. The van der Waals surface area contributed by atoms with Gasteiger partial charge in [-0.05, 0) is 19.9 Å². The van der Waals surface area contributed by atoms with E-state index in [2.05, 4.69) is 0 Å². The number of benzene rings is 2. The van der Waals surface area contributed by atoms with Gasteiger partial charge in [0.05, 0.1) is 0 Å². The van der Waals surface area contributed by atoms with Gasteiger partial charge in [0.2, 0.25) is 5.12 Å². The fourth-order valence-corrected chi connectivity index (χ4v) is 2.77. The lowest BCUT2D eigenvalue weighted by Crippen LogP contribution is -2.29. The molecule has 2 rings (SSSR count). The third kappa shape index (κ3) is 3.87. The summed E-state index contributed by atoms with van der Waals surface area (Å²) in [6, 6.07) is 15.1. The molecule has 1 N–H and O–H groups in total. The van der Waals surface area contributed by atoms with Crippen LogP contribution in [-0.4, -0.2) is 26.7 Å². The molecule has 0 spiro atoms. The van der Waals surface area contributed by atoms with Crippen molar-refractivity contribution in [2.24, 2.45) is 0 Å². The number of ketones is 1. The number of carboxylic acids is 1. The molecule has 0 saturated heterocycles. The number of rotatable bonds is 5. The summed E-state index contributed by atoms with van der Waals surface area (Å²) in [4.78, 5) is 36.3. The summed E-state index contributed by atoms with van der Waals surface area (Å²) in [5, 5.41) is 8.72. The Morgan fingerprint density at radius 1 is 0.870 bits per heavy atom. The van der Waals surface area contributed by atoms with E-state index in [1.54, 1.807) is 54.6 Å². The van der Waals surface area contributed by atoms with Gasteiger partial charge in [-0.1, -0.05) is 60.3 Å². The number of hydrogen-bond donors (Lipinski definition) is 1. The van der Waals surface area contributed by atoms with Crippen molar-refractivity contribution in [2.45, 2.75) is 18.6 Å². The minimum Gasteiger partial charge on any atom is -0.480 e. The molecule has 5 heteroatoms. The summed E-state index contributed by atoms with van der Waals surface area (Å²) in [5.74, 6) is -1.34. The van der Waals surface area contributed by atoms with Gasteiger partial charge < -0.3 is 5.11 Å². The zero-order valence-corrected chi connectivity index (χ0v) is 13.6. The van der Waals surface area contributed by atoms with Crippen LogP contribution < -0.4 is 0 Å². The summed E-state index contributed by atoms with van der Waals surface area (Å²) in [6.07, 6.45) is 0. The second-order valence-corrected chi connectivity index (χ2v) is 7.04. The van der Waals surface area contributed by atoms with Crippen molar-refractivity contribution in [1.29, 1.82) is 0 Å². The number of carbonyl (C=O) groups is 3. The van der Waals surface area contributed by atoms with Crippen molar-refractivity contribution in [1.82, 2.24) is 0 Å². The quantitative estimate of drug-likeness (QED) is 0.848. The van der Waals surface area contributed by atoms with E-state index < -0.39 is 15.8 Å². The Morgan fingerprint density at radius 2 is 1.39 bits per heavy atom. The van der Waals surface area contributed by atoms with Gasteiger partial charge >= 0.3 is 5.97 Å². The predicted molar refractivity (Wildman–Crippen MR) is 90.0 cm³/mol. The predicted octanol–water partition coefficient (Wildman–Crippen LogP) is 3.65. The zero-order chi connectivity index (χ0) is 17.0. The molecule has 0 heterocycles. The molecular formula is C18H16O4S. The van der Waals surface area contributed by atoms with Crippen LogP contribution in [0.4, 0.5) is 0 Å². The lowest BCUT2D eigenvalue weighted by Gasteiger charge is -2.17. The van der Waals surface area contributed by atoms with Crippen molar-refractivity contribution < 1.29 is 19.5 Å². The molecular weight excluding hydrogens is 312 g/mol. The van der Waals surface area contributed by atoms with Gasteiger partial charge in [0.1, 0.15) is 4.75 Å². The lowest BCUT2D eigenvalue weighted by atomic mass is 9.99. The van der Waals surface area contributed by atoms with Gasteiger partial charge in [-0.15, -0.1) is 0 Å². The highest BCUT2D eigenvalue weighted by atomic mass is 32.2. The van der Waals surface area contributed by atoms with E-state index in [1.807, 2.05) is 0 Å². The summed E-state index contributed by atoms with van der Waals surface area (Å²) >= 11 is 0.699. The zero-order valence-electron chi connectivity index (χ0n) is 12.8. The standard InChI is InChI=1S/C18H16O4S/c1-18(2,17(21)22)23-16(20)14-11-7-6-10-13(14)15(19)12-8-4-3-5-9-12/h3-11H,1-2H3,(H,21,22). The van der Waals surface area contributed by atoms with E-state index >= 15 is 0 Å². The van der Waals surface area contributed by atoms with Crippen molar-refractivity contribution in [3.05, 3.63) is 71.3 Å². The first-order valence-electron chi connectivity index (χ1n) is 6.98. The monoisotopic (exact) mass is 328 g/mol. The van der Waals surface area contributed by atoms with Crippen molar-refractivity contribution in [2.75, 3.05) is 0 Å². The number of aliphatic carboxylic acids is 1. The topological polar surface area (TPSA) is 71.4 Å². The van der Waals surface area contributed by atoms with Crippen LogP contribution in [-0.2, 0) is 4.79 Å². The first-order chi connectivity index (χ1) is 10.8. The molecule has 0 aliphatic carbocycles. The number of hydrogen-bond acceptors (Lipinski definition) is 4. The third-order valence-electron chi connectivity index (χ3n) is 3.29. The van der Waals surface area contributed by atoms with Crippen LogP contribution in [0.3, 0.4) is 0 Å². The van der Waals surface area contributed by atoms with E-state index in [-0.39, 0.29) is 16.9 Å². The Kier molecular flexibility index (Phi) is 5.01. The van der Waals surface area contributed by atoms with Gasteiger partial charge in [0.15, 0.2) is 5.78 Å². The third-order valence-corrected chi connectivity index (χ3v) is 4.38. The summed E-state index contributed by atoms with van der Waals surface area (Å²) < 4.78 is -1.26. The molecule has 2 aromatic carbocycles. The van der Waals surface area contributed by atoms with Crippen LogP contribution >= 0.6 is 11.8 Å². The SMILES string of the molecule is CC(C)(SC(=O)c1ccccc1C(=O)c1ccccc1)C(=O)O. The van der Waals surface area contributed by atoms with Crippen LogP contribution in [0, 0.1) is 0 Å². The van der Waals surface area contributed by atoms with Crippen LogP contribution in [0.1, 0.15) is 40.1 Å². The summed E-state index contributed by atoms with van der Waals surface area (Å²) in [7, 11) is 0. The highest BCUT2D eigenvalue weighted by molar-refractivity contribution is 8.15. The molecule has 2 aromatic rings. The molecule has 0 radical (unpaired) electrons. The fourth-order valence-electron chi connectivity index (χ4n) is 1.93. The number of carbonyl (C=O) groups excluding carboxylic acids is 2. The highest BCUT2D eigenvalue weighted by Crippen LogP contribution is 2.30. The van der Waals surface area contributed by atoms with E-state index in [4.69, 9.17) is 5.11 Å². The molecule has 0 atom stereocenters. The molecule has 0 amide bonds. The molecule has 4 nitrogen and oxygen atoms in total. The minimum absolute atomic E-state index is 0.223. The molecule has 0 unspecified atom stereocenters. The average molecular weight is 328 g/mol. The van der Waals surface area contributed by atoms with Gasteiger partial charge in [0.25, 0.3) is 0 Å². The van der Waals surface area contributed by atoms with E-state index in [1.165, 1.54) is 13.8 Å². The Labute approximate surface area is 138 Å². The average Bonchev–Trinajstić information content (AvgIpc) is 2.54. The maximum atomic E-state index is 12.6. The number of carboxylic acid groups (broad SMARTS) is 1.